The number of nitrogens with two attached hydrogens (primary N) is 2. The third kappa shape index (κ3) is 6.64. The van der Waals surface area contributed by atoms with Crippen molar-refractivity contribution in [1.82, 2.24) is 15.5 Å². The normalized spacial score (nSPS) is 18.2. The standard InChI is InChI=1S/C25H32N6O3/c1-16(32)30-20-13-22(24(33)29-14-18-7-10-19(11-8-18)23(27)28)31(15-20)25(34)21(26)12-9-17-5-3-2-4-6-17/h2-8,10-11,20-22H,9,12-15,26H2,1H3,(H3,27,28)(H,29,33)(H,30,32)/t20-,21-,22+/m1/s1. The highest BCUT2D eigenvalue weighted by Gasteiger charge is 2.41. The van der Waals surface area contributed by atoms with Crippen molar-refractivity contribution in [2.45, 2.75) is 50.9 Å². The molecule has 2 aromatic rings. The monoisotopic (exact) mass is 464 g/mol. The van der Waals surface area contributed by atoms with Crippen LogP contribution < -0.4 is 22.1 Å². The molecule has 0 aliphatic carbocycles. The van der Waals surface area contributed by atoms with Crippen molar-refractivity contribution < 1.29 is 14.4 Å². The summed E-state index contributed by atoms with van der Waals surface area (Å²) in [7, 11) is 0. The van der Waals surface area contributed by atoms with Gasteiger partial charge in [-0.05, 0) is 30.4 Å². The van der Waals surface area contributed by atoms with E-state index in [2.05, 4.69) is 10.6 Å². The number of rotatable bonds is 9. The number of carbonyl (C=O) groups is 3. The van der Waals surface area contributed by atoms with E-state index in [1.165, 1.54) is 11.8 Å². The Bertz CT molecular complexity index is 1020. The summed E-state index contributed by atoms with van der Waals surface area (Å²) < 4.78 is 0. The zero-order chi connectivity index (χ0) is 24.7. The third-order valence-corrected chi connectivity index (χ3v) is 5.93. The molecule has 34 heavy (non-hydrogen) atoms. The zero-order valence-corrected chi connectivity index (χ0v) is 19.3. The van der Waals surface area contributed by atoms with Gasteiger partial charge in [0.05, 0.1) is 6.04 Å². The molecule has 3 atom stereocenters. The lowest BCUT2D eigenvalue weighted by molar-refractivity contribution is -0.139. The number of amides is 3. The first-order chi connectivity index (χ1) is 16.2. The van der Waals surface area contributed by atoms with Crippen LogP contribution in [-0.2, 0) is 27.3 Å². The van der Waals surface area contributed by atoms with Crippen molar-refractivity contribution in [2.75, 3.05) is 6.54 Å². The number of benzene rings is 2. The molecule has 7 N–H and O–H groups in total. The van der Waals surface area contributed by atoms with Gasteiger partial charge < -0.3 is 27.0 Å². The molecule has 2 aromatic carbocycles. The minimum absolute atomic E-state index is 0.0247. The van der Waals surface area contributed by atoms with Crippen molar-refractivity contribution >= 4 is 23.6 Å². The SMILES string of the molecule is CC(=O)N[C@@H]1C[C@@H](C(=O)NCc2ccc(C(=N)N)cc2)N(C(=O)[C@H](N)CCc2ccccc2)C1. The highest BCUT2D eigenvalue weighted by Crippen LogP contribution is 2.20. The average Bonchev–Trinajstić information content (AvgIpc) is 3.24. The van der Waals surface area contributed by atoms with Gasteiger partial charge in [-0.15, -0.1) is 0 Å². The van der Waals surface area contributed by atoms with E-state index >= 15 is 0 Å². The topological polar surface area (TPSA) is 154 Å². The molecule has 0 unspecified atom stereocenters. The zero-order valence-electron chi connectivity index (χ0n) is 19.3. The summed E-state index contributed by atoms with van der Waals surface area (Å²) in [4.78, 5) is 39.3. The van der Waals surface area contributed by atoms with E-state index in [0.29, 0.717) is 24.8 Å². The number of nitrogens with zero attached hydrogens (tertiary/aromatic N) is 1. The number of carbonyl (C=O) groups excluding carboxylic acids is 3. The summed E-state index contributed by atoms with van der Waals surface area (Å²) in [5.74, 6) is -0.831. The third-order valence-electron chi connectivity index (χ3n) is 5.93. The summed E-state index contributed by atoms with van der Waals surface area (Å²) in [6, 6.07) is 15.0. The van der Waals surface area contributed by atoms with Crippen molar-refractivity contribution in [1.29, 1.82) is 5.41 Å². The molecule has 0 bridgehead atoms. The van der Waals surface area contributed by atoms with Gasteiger partial charge in [-0.25, -0.2) is 0 Å². The van der Waals surface area contributed by atoms with Gasteiger partial charge in [-0.2, -0.15) is 0 Å². The highest BCUT2D eigenvalue weighted by atomic mass is 16.2. The fourth-order valence-electron chi connectivity index (χ4n) is 4.13. The summed E-state index contributed by atoms with van der Waals surface area (Å²) in [5, 5.41) is 13.1. The molecule has 0 spiro atoms. The molecule has 1 aliphatic rings. The molecular weight excluding hydrogens is 432 g/mol. The Kier molecular flexibility index (Phi) is 8.37. The van der Waals surface area contributed by atoms with E-state index in [1.807, 2.05) is 30.3 Å². The predicted octanol–water partition coefficient (Wildman–Crippen LogP) is 0.653. The van der Waals surface area contributed by atoms with Crippen LogP contribution in [0.3, 0.4) is 0 Å². The van der Waals surface area contributed by atoms with Gasteiger partial charge in [0.25, 0.3) is 0 Å². The van der Waals surface area contributed by atoms with E-state index in [4.69, 9.17) is 16.9 Å². The second-order valence-electron chi connectivity index (χ2n) is 8.60. The maximum Gasteiger partial charge on any atom is 0.243 e. The molecule has 1 aliphatic heterocycles. The minimum Gasteiger partial charge on any atom is -0.384 e. The van der Waals surface area contributed by atoms with Crippen LogP contribution in [0.2, 0.25) is 0 Å². The maximum absolute atomic E-state index is 13.2. The number of nitrogen functional groups attached to an aromatic ring is 1. The van der Waals surface area contributed by atoms with Crippen LogP contribution in [0.15, 0.2) is 54.6 Å². The first kappa shape index (κ1) is 24.9. The Morgan fingerprint density at radius 1 is 1.09 bits per heavy atom. The van der Waals surface area contributed by atoms with Gasteiger partial charge >= 0.3 is 0 Å². The van der Waals surface area contributed by atoms with E-state index < -0.39 is 12.1 Å². The minimum atomic E-state index is -0.745. The molecule has 3 rings (SSSR count). The molecular formula is C25H32N6O3. The van der Waals surface area contributed by atoms with Gasteiger partial charge in [0.1, 0.15) is 11.9 Å². The van der Waals surface area contributed by atoms with Gasteiger partial charge in [0.15, 0.2) is 0 Å². The fraction of sp³-hybridized carbons (Fsp3) is 0.360. The summed E-state index contributed by atoms with van der Waals surface area (Å²) >= 11 is 0. The molecule has 3 amide bonds. The summed E-state index contributed by atoms with van der Waals surface area (Å²) in [6.07, 6.45) is 1.44. The Morgan fingerprint density at radius 3 is 2.38 bits per heavy atom. The van der Waals surface area contributed by atoms with Crippen LogP contribution in [-0.4, -0.2) is 53.1 Å². The van der Waals surface area contributed by atoms with Crippen molar-refractivity contribution in [2.24, 2.45) is 11.5 Å². The van der Waals surface area contributed by atoms with Crippen molar-refractivity contribution in [3.63, 3.8) is 0 Å². The maximum atomic E-state index is 13.2. The second-order valence-corrected chi connectivity index (χ2v) is 8.60. The Labute approximate surface area is 199 Å². The molecule has 1 saturated heterocycles. The number of hydrogen-bond acceptors (Lipinski definition) is 5. The number of likely N-dealkylation sites (tertiary alicyclic amines) is 1. The molecule has 9 nitrogen and oxygen atoms in total. The molecule has 0 saturated carbocycles. The van der Waals surface area contributed by atoms with Crippen molar-refractivity contribution in [3.05, 3.63) is 71.3 Å². The quantitative estimate of drug-likeness (QED) is 0.272. The lowest BCUT2D eigenvalue weighted by Crippen LogP contribution is -2.51. The van der Waals surface area contributed by atoms with E-state index in [0.717, 1.165) is 11.1 Å². The van der Waals surface area contributed by atoms with Crippen molar-refractivity contribution in [3.8, 4) is 0 Å². The Hall–Kier alpha value is -3.72. The van der Waals surface area contributed by atoms with E-state index in [1.54, 1.807) is 24.3 Å². The van der Waals surface area contributed by atoms with Crippen LogP contribution in [0, 0.1) is 5.41 Å². The fourth-order valence-corrected chi connectivity index (χ4v) is 4.13. The smallest absolute Gasteiger partial charge is 0.243 e. The molecule has 1 fully saturated rings. The van der Waals surface area contributed by atoms with Crippen LogP contribution in [0.25, 0.3) is 0 Å². The van der Waals surface area contributed by atoms with Crippen LogP contribution >= 0.6 is 0 Å². The lowest BCUT2D eigenvalue weighted by Gasteiger charge is -2.26. The highest BCUT2D eigenvalue weighted by molar-refractivity contribution is 5.95. The van der Waals surface area contributed by atoms with Gasteiger partial charge in [-0.1, -0.05) is 54.6 Å². The molecule has 9 heteroatoms. The predicted molar refractivity (Wildman–Crippen MR) is 130 cm³/mol. The first-order valence-corrected chi connectivity index (χ1v) is 11.3. The van der Waals surface area contributed by atoms with Gasteiger partial charge in [-0.3, -0.25) is 19.8 Å². The lowest BCUT2D eigenvalue weighted by atomic mass is 10.0. The summed E-state index contributed by atoms with van der Waals surface area (Å²) in [6.45, 7) is 1.92. The number of nitrogens with one attached hydrogen (secondary N) is 3. The molecule has 0 radical (unpaired) electrons. The number of aryl methyl sites for hydroxylation is 1. The van der Waals surface area contributed by atoms with Crippen LogP contribution in [0.5, 0.6) is 0 Å². The number of hydrogen-bond donors (Lipinski definition) is 5. The summed E-state index contributed by atoms with van der Waals surface area (Å²) in [5.41, 5.74) is 14.2. The van der Waals surface area contributed by atoms with Gasteiger partial charge in [0, 0.05) is 31.6 Å². The second kappa shape index (κ2) is 11.4. The van der Waals surface area contributed by atoms with E-state index in [-0.39, 0.29) is 42.7 Å². The molecule has 0 aromatic heterocycles. The Balaban J connectivity index is 1.64. The first-order valence-electron chi connectivity index (χ1n) is 11.3. The molecule has 180 valence electrons. The number of amidine groups is 1. The average molecular weight is 465 g/mol. The van der Waals surface area contributed by atoms with Crippen LogP contribution in [0.4, 0.5) is 0 Å². The molecule has 1 heterocycles. The van der Waals surface area contributed by atoms with E-state index in [9.17, 15) is 14.4 Å². The van der Waals surface area contributed by atoms with Crippen LogP contribution in [0.1, 0.15) is 36.5 Å². The largest absolute Gasteiger partial charge is 0.384 e. The van der Waals surface area contributed by atoms with Gasteiger partial charge in [0.2, 0.25) is 17.7 Å². The Morgan fingerprint density at radius 2 is 1.76 bits per heavy atom.